The van der Waals surface area contributed by atoms with Gasteiger partial charge in [0.2, 0.25) is 15.9 Å². The highest BCUT2D eigenvalue weighted by Crippen LogP contribution is 2.34. The van der Waals surface area contributed by atoms with E-state index in [0.717, 1.165) is 10.4 Å². The predicted octanol–water partition coefficient (Wildman–Crippen LogP) is 2.51. The molecule has 23 heavy (non-hydrogen) atoms. The summed E-state index contributed by atoms with van der Waals surface area (Å²) in [4.78, 5) is 10.8. The Hall–Kier alpha value is -1.32. The Morgan fingerprint density at radius 1 is 1.35 bits per heavy atom. The molecule has 0 aromatic heterocycles. The van der Waals surface area contributed by atoms with Crippen molar-refractivity contribution in [1.82, 2.24) is 9.62 Å². The number of nitrogens with one attached hydrogen (secondary N) is 1. The molecule has 0 bridgehead atoms. The second kappa shape index (κ2) is 7.50. The molecular formula is C13H16ClF3N2O3S. The largest absolute Gasteiger partial charge is 0.416 e. The van der Waals surface area contributed by atoms with Crippen molar-refractivity contribution < 1.29 is 26.4 Å². The summed E-state index contributed by atoms with van der Waals surface area (Å²) in [5.74, 6) is -0.579. The summed E-state index contributed by atoms with van der Waals surface area (Å²) < 4.78 is 64.3. The third-order valence-electron chi connectivity index (χ3n) is 2.95. The Kier molecular flexibility index (Phi) is 6.43. The van der Waals surface area contributed by atoms with Gasteiger partial charge in [0.1, 0.15) is 4.90 Å². The number of hydrogen-bond donors (Lipinski definition) is 1. The lowest BCUT2D eigenvalue weighted by Crippen LogP contribution is -2.40. The number of nitrogens with zero attached hydrogens (tertiary/aromatic N) is 1. The smallest absolute Gasteiger partial charge is 0.358 e. The Balaban J connectivity index is 3.36. The number of hydrogen-bond acceptors (Lipinski definition) is 3. The fourth-order valence-electron chi connectivity index (χ4n) is 1.79. The van der Waals surface area contributed by atoms with E-state index in [-0.39, 0.29) is 11.6 Å². The molecule has 0 heterocycles. The van der Waals surface area contributed by atoms with E-state index in [1.54, 1.807) is 6.92 Å². The number of alkyl halides is 3. The van der Waals surface area contributed by atoms with Crippen molar-refractivity contribution in [2.24, 2.45) is 0 Å². The van der Waals surface area contributed by atoms with Crippen molar-refractivity contribution in [1.29, 1.82) is 0 Å². The van der Waals surface area contributed by atoms with E-state index >= 15 is 0 Å². The number of carbonyl (C=O) groups excluding carboxylic acids is 1. The normalized spacial score (nSPS) is 12.5. The second-order valence-electron chi connectivity index (χ2n) is 4.65. The van der Waals surface area contributed by atoms with E-state index in [1.807, 2.05) is 0 Å². The third-order valence-corrected chi connectivity index (χ3v) is 5.27. The van der Waals surface area contributed by atoms with E-state index in [4.69, 9.17) is 11.6 Å². The average Bonchev–Trinajstić information content (AvgIpc) is 2.45. The van der Waals surface area contributed by atoms with Gasteiger partial charge in [-0.1, -0.05) is 18.5 Å². The molecule has 0 unspecified atom stereocenters. The number of halogens is 4. The Morgan fingerprint density at radius 3 is 2.43 bits per heavy atom. The summed E-state index contributed by atoms with van der Waals surface area (Å²) in [7, 11) is -3.01. The summed E-state index contributed by atoms with van der Waals surface area (Å²) in [5, 5.41) is 1.93. The van der Waals surface area contributed by atoms with Crippen LogP contribution in [0.4, 0.5) is 13.2 Å². The van der Waals surface area contributed by atoms with Gasteiger partial charge in [0.25, 0.3) is 0 Å². The van der Waals surface area contributed by atoms with Crippen molar-refractivity contribution in [3.05, 3.63) is 28.8 Å². The lowest BCUT2D eigenvalue weighted by Gasteiger charge is -2.22. The van der Waals surface area contributed by atoms with Crippen molar-refractivity contribution in [2.45, 2.75) is 24.4 Å². The van der Waals surface area contributed by atoms with Crippen LogP contribution in [-0.4, -0.2) is 38.8 Å². The van der Waals surface area contributed by atoms with Gasteiger partial charge in [-0.15, -0.1) is 0 Å². The molecule has 0 aliphatic rings. The molecule has 5 nitrogen and oxygen atoms in total. The molecule has 0 aliphatic carbocycles. The fraction of sp³-hybridized carbons (Fsp3) is 0.462. The Bertz CT molecular complexity index is 678. The maximum absolute atomic E-state index is 12.8. The van der Waals surface area contributed by atoms with Crippen LogP contribution in [0.25, 0.3) is 0 Å². The van der Waals surface area contributed by atoms with Gasteiger partial charge in [-0.3, -0.25) is 4.79 Å². The molecule has 130 valence electrons. The molecule has 0 saturated heterocycles. The number of amides is 1. The Labute approximate surface area is 137 Å². The molecule has 0 aliphatic heterocycles. The lowest BCUT2D eigenvalue weighted by molar-refractivity contribution is -0.137. The third kappa shape index (κ3) is 4.82. The maximum atomic E-state index is 12.8. The molecule has 1 rings (SSSR count). The van der Waals surface area contributed by atoms with E-state index in [0.29, 0.717) is 18.6 Å². The molecule has 0 spiro atoms. The molecular weight excluding hydrogens is 357 g/mol. The minimum Gasteiger partial charge on any atom is -0.358 e. The van der Waals surface area contributed by atoms with E-state index in [9.17, 15) is 26.4 Å². The van der Waals surface area contributed by atoms with Gasteiger partial charge >= 0.3 is 6.18 Å². The molecule has 1 aromatic rings. The standard InChI is InChI=1S/C13H16ClF3N2O3S/c1-3-6-19(8-12(20)18-2)23(21,22)11-7-9(13(15,16)17)4-5-10(11)14/h4-5,7H,3,6,8H2,1-2H3,(H,18,20). The van der Waals surface area contributed by atoms with Gasteiger partial charge in [-0.25, -0.2) is 8.42 Å². The van der Waals surface area contributed by atoms with Gasteiger partial charge < -0.3 is 5.32 Å². The van der Waals surface area contributed by atoms with Crippen molar-refractivity contribution in [3.63, 3.8) is 0 Å². The van der Waals surface area contributed by atoms with E-state index in [2.05, 4.69) is 5.32 Å². The van der Waals surface area contributed by atoms with Crippen molar-refractivity contribution in [2.75, 3.05) is 20.1 Å². The molecule has 0 fully saturated rings. The first-order valence-corrected chi connectivity index (χ1v) is 8.43. The van der Waals surface area contributed by atoms with Crippen LogP contribution in [0.3, 0.4) is 0 Å². The monoisotopic (exact) mass is 372 g/mol. The lowest BCUT2D eigenvalue weighted by atomic mass is 10.2. The summed E-state index contributed by atoms with van der Waals surface area (Å²) in [6.07, 6.45) is -4.32. The SMILES string of the molecule is CCCN(CC(=O)NC)S(=O)(=O)c1cc(C(F)(F)F)ccc1Cl. The quantitative estimate of drug-likeness (QED) is 0.834. The molecule has 0 saturated carbocycles. The topological polar surface area (TPSA) is 66.5 Å². The minimum absolute atomic E-state index is 0.0255. The van der Waals surface area contributed by atoms with Crippen LogP contribution in [-0.2, 0) is 21.0 Å². The zero-order valence-corrected chi connectivity index (χ0v) is 14.0. The summed E-state index contributed by atoms with van der Waals surface area (Å²) in [6, 6.07) is 2.05. The fourth-order valence-corrected chi connectivity index (χ4v) is 3.78. The number of benzene rings is 1. The minimum atomic E-state index is -4.70. The van der Waals surface area contributed by atoms with Crippen LogP contribution in [0.2, 0.25) is 5.02 Å². The van der Waals surface area contributed by atoms with Crippen LogP contribution in [0.15, 0.2) is 23.1 Å². The second-order valence-corrected chi connectivity index (χ2v) is 6.97. The van der Waals surface area contributed by atoms with Gasteiger partial charge in [0.05, 0.1) is 17.1 Å². The van der Waals surface area contributed by atoms with Crippen LogP contribution in [0, 0.1) is 0 Å². The van der Waals surface area contributed by atoms with Gasteiger partial charge in [0.15, 0.2) is 0 Å². The molecule has 0 atom stereocenters. The number of carbonyl (C=O) groups is 1. The molecule has 1 amide bonds. The molecule has 1 N–H and O–H groups in total. The van der Waals surface area contributed by atoms with E-state index in [1.165, 1.54) is 7.05 Å². The van der Waals surface area contributed by atoms with Crippen molar-refractivity contribution in [3.8, 4) is 0 Å². The molecule has 10 heteroatoms. The number of sulfonamides is 1. The van der Waals surface area contributed by atoms with Crippen LogP contribution in [0.1, 0.15) is 18.9 Å². The first-order valence-electron chi connectivity index (χ1n) is 6.61. The highest BCUT2D eigenvalue weighted by molar-refractivity contribution is 7.89. The molecule has 1 aromatic carbocycles. The predicted molar refractivity (Wildman–Crippen MR) is 79.6 cm³/mol. The zero-order chi connectivity index (χ0) is 17.8. The van der Waals surface area contributed by atoms with Crippen molar-refractivity contribution >= 4 is 27.5 Å². The highest BCUT2D eigenvalue weighted by atomic mass is 35.5. The van der Waals surface area contributed by atoms with Crippen LogP contribution < -0.4 is 5.32 Å². The van der Waals surface area contributed by atoms with Gasteiger partial charge in [0, 0.05) is 13.6 Å². The summed E-state index contributed by atoms with van der Waals surface area (Å²) >= 11 is 5.77. The van der Waals surface area contributed by atoms with Crippen LogP contribution >= 0.6 is 11.6 Å². The average molecular weight is 373 g/mol. The highest BCUT2D eigenvalue weighted by Gasteiger charge is 2.34. The van der Waals surface area contributed by atoms with Crippen LogP contribution in [0.5, 0.6) is 0 Å². The number of likely N-dealkylation sites (N-methyl/N-ethyl adjacent to an activating group) is 1. The first-order chi connectivity index (χ1) is 10.5. The number of rotatable bonds is 6. The van der Waals surface area contributed by atoms with Gasteiger partial charge in [-0.2, -0.15) is 17.5 Å². The van der Waals surface area contributed by atoms with Gasteiger partial charge in [-0.05, 0) is 24.6 Å². The zero-order valence-electron chi connectivity index (χ0n) is 12.4. The summed E-state index contributed by atoms with van der Waals surface area (Å²) in [5.41, 5.74) is -1.13. The Morgan fingerprint density at radius 2 is 1.96 bits per heavy atom. The summed E-state index contributed by atoms with van der Waals surface area (Å²) in [6.45, 7) is 1.15. The maximum Gasteiger partial charge on any atom is 0.416 e. The first kappa shape index (κ1) is 19.7. The van der Waals surface area contributed by atoms with E-state index < -0.39 is 39.1 Å². The molecule has 0 radical (unpaired) electrons.